The van der Waals surface area contributed by atoms with Crippen molar-refractivity contribution in [2.75, 3.05) is 0 Å². The molecule has 2 atom stereocenters. The second kappa shape index (κ2) is 9.41. The summed E-state index contributed by atoms with van der Waals surface area (Å²) in [5, 5.41) is 21.5. The number of carbonyl (C=O) groups is 2. The van der Waals surface area contributed by atoms with Gasteiger partial charge in [-0.1, -0.05) is 26.0 Å². The van der Waals surface area contributed by atoms with Crippen LogP contribution in [0.4, 0.5) is 8.78 Å². The van der Waals surface area contributed by atoms with Crippen molar-refractivity contribution in [3.63, 3.8) is 0 Å². The summed E-state index contributed by atoms with van der Waals surface area (Å²) in [7, 11) is 0. The molecular weight excluding hydrogens is 372 g/mol. The number of nitrogens with one attached hydrogen (secondary N) is 1. The second-order valence-electron chi connectivity index (χ2n) is 7.01. The topological polar surface area (TPSA) is 104 Å². The minimum Gasteiger partial charge on any atom is -0.480 e. The molecule has 152 valence electrons. The van der Waals surface area contributed by atoms with Crippen molar-refractivity contribution in [1.82, 2.24) is 14.9 Å². The van der Waals surface area contributed by atoms with Crippen LogP contribution >= 0.6 is 0 Å². The molecule has 28 heavy (non-hydrogen) atoms. The van der Waals surface area contributed by atoms with Crippen LogP contribution in [0.15, 0.2) is 30.7 Å². The summed E-state index contributed by atoms with van der Waals surface area (Å²) in [6, 6.07) is 1.64. The van der Waals surface area contributed by atoms with Gasteiger partial charge < -0.3 is 14.8 Å². The number of hydrogen-bond acceptors (Lipinski definition) is 4. The number of hydrogen-bond donors (Lipinski definition) is 3. The van der Waals surface area contributed by atoms with E-state index in [1.165, 1.54) is 29.2 Å². The first-order valence-electron chi connectivity index (χ1n) is 8.82. The summed E-state index contributed by atoms with van der Waals surface area (Å²) in [6.45, 7) is 3.66. The van der Waals surface area contributed by atoms with Crippen LogP contribution in [0.1, 0.15) is 31.5 Å². The van der Waals surface area contributed by atoms with Gasteiger partial charge in [0.25, 0.3) is 0 Å². The molecule has 0 amide bonds. The Morgan fingerprint density at radius 3 is 2.46 bits per heavy atom. The maximum Gasteiger partial charge on any atom is 0.321 e. The Kier molecular flexibility index (Phi) is 7.22. The van der Waals surface area contributed by atoms with E-state index in [1.807, 2.05) is 13.8 Å². The smallest absolute Gasteiger partial charge is 0.321 e. The molecule has 1 heterocycles. The molecule has 0 saturated carbocycles. The largest absolute Gasteiger partial charge is 0.480 e. The predicted octanol–water partition coefficient (Wildman–Crippen LogP) is 2.29. The highest BCUT2D eigenvalue weighted by Crippen LogP contribution is 2.15. The predicted molar refractivity (Wildman–Crippen MR) is 96.8 cm³/mol. The fourth-order valence-corrected chi connectivity index (χ4v) is 2.90. The molecule has 0 bridgehead atoms. The molecular formula is C19H23F2N3O4. The standard InChI is InChI=1S/C19H23F2N3O4/c1-11(2)6-15(18(25)26)23-16(19(27)28)7-13-8-22-10-24(13)9-12-4-3-5-14(20)17(12)21/h3-5,8,10-11,15-16,23H,6-7,9H2,1-2H3,(H,25,26)(H,27,28). The maximum absolute atomic E-state index is 13.9. The number of rotatable bonds is 10. The quantitative estimate of drug-likeness (QED) is 0.570. The van der Waals surface area contributed by atoms with Crippen LogP contribution in [0.2, 0.25) is 0 Å². The number of aliphatic carboxylic acids is 2. The van der Waals surface area contributed by atoms with Crippen LogP contribution in [0.5, 0.6) is 0 Å². The van der Waals surface area contributed by atoms with Gasteiger partial charge >= 0.3 is 11.9 Å². The third-order valence-electron chi connectivity index (χ3n) is 4.29. The average Bonchev–Trinajstić information content (AvgIpc) is 3.03. The number of halogens is 2. The molecule has 7 nitrogen and oxygen atoms in total. The highest BCUT2D eigenvalue weighted by Gasteiger charge is 2.27. The number of carboxylic acid groups (broad SMARTS) is 2. The lowest BCUT2D eigenvalue weighted by molar-refractivity contribution is -0.142. The minimum atomic E-state index is -1.21. The van der Waals surface area contributed by atoms with Crippen molar-refractivity contribution < 1.29 is 28.6 Å². The van der Waals surface area contributed by atoms with E-state index < -0.39 is 35.7 Å². The van der Waals surface area contributed by atoms with Crippen molar-refractivity contribution >= 4 is 11.9 Å². The molecule has 0 aliphatic rings. The first kappa shape index (κ1) is 21.5. The number of aromatic nitrogens is 2. The zero-order valence-corrected chi connectivity index (χ0v) is 15.6. The highest BCUT2D eigenvalue weighted by molar-refractivity contribution is 5.77. The molecule has 0 saturated heterocycles. The first-order valence-corrected chi connectivity index (χ1v) is 8.82. The maximum atomic E-state index is 13.9. The molecule has 1 aromatic carbocycles. The molecule has 3 N–H and O–H groups in total. The Morgan fingerprint density at radius 1 is 1.18 bits per heavy atom. The lowest BCUT2D eigenvalue weighted by Crippen LogP contribution is -2.49. The average molecular weight is 395 g/mol. The molecule has 2 rings (SSSR count). The molecule has 0 radical (unpaired) electrons. The Morgan fingerprint density at radius 2 is 1.86 bits per heavy atom. The van der Waals surface area contributed by atoms with E-state index in [1.54, 1.807) is 0 Å². The van der Waals surface area contributed by atoms with Gasteiger partial charge in [-0.15, -0.1) is 0 Å². The van der Waals surface area contributed by atoms with Gasteiger partial charge in [0.15, 0.2) is 11.6 Å². The van der Waals surface area contributed by atoms with E-state index in [-0.39, 0.29) is 30.9 Å². The molecule has 2 aromatic rings. The van der Waals surface area contributed by atoms with Crippen molar-refractivity contribution in [3.8, 4) is 0 Å². The van der Waals surface area contributed by atoms with Crippen molar-refractivity contribution in [2.24, 2.45) is 5.92 Å². The van der Waals surface area contributed by atoms with E-state index in [9.17, 15) is 28.6 Å². The summed E-state index contributed by atoms with van der Waals surface area (Å²) in [5.74, 6) is -4.22. The summed E-state index contributed by atoms with van der Waals surface area (Å²) >= 11 is 0. The van der Waals surface area contributed by atoms with Crippen LogP contribution in [-0.4, -0.2) is 43.8 Å². The van der Waals surface area contributed by atoms with Crippen molar-refractivity contribution in [1.29, 1.82) is 0 Å². The van der Waals surface area contributed by atoms with Gasteiger partial charge in [-0.3, -0.25) is 14.9 Å². The molecule has 0 aliphatic heterocycles. The first-order chi connectivity index (χ1) is 13.2. The molecule has 0 spiro atoms. The number of nitrogens with zero attached hydrogens (tertiary/aromatic N) is 2. The Balaban J connectivity index is 2.18. The summed E-state index contributed by atoms with van der Waals surface area (Å²) in [4.78, 5) is 27.0. The number of benzene rings is 1. The third-order valence-corrected chi connectivity index (χ3v) is 4.29. The molecule has 0 fully saturated rings. The molecule has 2 unspecified atom stereocenters. The number of imidazole rings is 1. The van der Waals surface area contributed by atoms with E-state index >= 15 is 0 Å². The Hall–Kier alpha value is -2.81. The molecule has 1 aromatic heterocycles. The van der Waals surface area contributed by atoms with Crippen LogP contribution in [0.3, 0.4) is 0 Å². The van der Waals surface area contributed by atoms with E-state index in [4.69, 9.17) is 0 Å². The van der Waals surface area contributed by atoms with Crippen LogP contribution in [-0.2, 0) is 22.6 Å². The van der Waals surface area contributed by atoms with Crippen LogP contribution < -0.4 is 5.32 Å². The zero-order valence-electron chi connectivity index (χ0n) is 15.6. The van der Waals surface area contributed by atoms with E-state index in [0.29, 0.717) is 5.69 Å². The zero-order chi connectivity index (χ0) is 20.8. The van der Waals surface area contributed by atoms with Crippen molar-refractivity contribution in [3.05, 3.63) is 53.6 Å². The van der Waals surface area contributed by atoms with Crippen LogP contribution in [0.25, 0.3) is 0 Å². The molecule has 0 aliphatic carbocycles. The molecule has 9 heteroatoms. The minimum absolute atomic E-state index is 0.0282. The summed E-state index contributed by atoms with van der Waals surface area (Å²) in [5.41, 5.74) is 0.555. The van der Waals surface area contributed by atoms with Crippen LogP contribution in [0, 0.1) is 17.6 Å². The monoisotopic (exact) mass is 395 g/mol. The lowest BCUT2D eigenvalue weighted by atomic mass is 10.0. The van der Waals surface area contributed by atoms with E-state index in [0.717, 1.165) is 6.07 Å². The van der Waals surface area contributed by atoms with Gasteiger partial charge in [-0.2, -0.15) is 0 Å². The fraction of sp³-hybridized carbons (Fsp3) is 0.421. The van der Waals surface area contributed by atoms with Gasteiger partial charge in [0.1, 0.15) is 12.1 Å². The fourth-order valence-electron chi connectivity index (χ4n) is 2.90. The van der Waals surface area contributed by atoms with Crippen molar-refractivity contribution in [2.45, 2.75) is 45.3 Å². The van der Waals surface area contributed by atoms with E-state index in [2.05, 4.69) is 10.3 Å². The number of carboxylic acids is 2. The summed E-state index contributed by atoms with van der Waals surface area (Å²) < 4.78 is 28.8. The summed E-state index contributed by atoms with van der Waals surface area (Å²) in [6.07, 6.45) is 3.02. The highest BCUT2D eigenvalue weighted by atomic mass is 19.2. The SMILES string of the molecule is CC(C)CC(NC(Cc1cncn1Cc1cccc(F)c1F)C(=O)O)C(=O)O. The normalized spacial score (nSPS) is 13.5. The van der Waals surface area contributed by atoms with Gasteiger partial charge in [-0.25, -0.2) is 13.8 Å². The van der Waals surface area contributed by atoms with Gasteiger partial charge in [-0.05, 0) is 18.4 Å². The van der Waals surface area contributed by atoms with Gasteiger partial charge in [0, 0.05) is 23.9 Å². The Bertz CT molecular complexity index is 838. The third kappa shape index (κ3) is 5.59. The van der Waals surface area contributed by atoms with Gasteiger partial charge in [0.05, 0.1) is 12.9 Å². The Labute approximate surface area is 161 Å². The van der Waals surface area contributed by atoms with Gasteiger partial charge in [0.2, 0.25) is 0 Å². The second-order valence-corrected chi connectivity index (χ2v) is 7.01. The lowest BCUT2D eigenvalue weighted by Gasteiger charge is -2.22.